The van der Waals surface area contributed by atoms with Crippen LogP contribution in [-0.2, 0) is 48.4 Å². The average molecular weight is 1710 g/mol. The van der Waals surface area contributed by atoms with Gasteiger partial charge in [0.05, 0.1) is 114 Å². The summed E-state index contributed by atoms with van der Waals surface area (Å²) in [5.74, 6) is -0.0395. The molecule has 9 aromatic rings. The molecule has 0 bridgehead atoms. The summed E-state index contributed by atoms with van der Waals surface area (Å²) < 4.78 is 92.8. The number of ether oxygens (including phenoxy) is 2. The average Bonchev–Trinajstić information content (AvgIpc) is 1.09. The number of nitrogens with zero attached hydrogens (tertiary/aromatic N) is 18. The summed E-state index contributed by atoms with van der Waals surface area (Å²) in [5, 5.41) is 41.1. The van der Waals surface area contributed by atoms with Crippen molar-refractivity contribution in [3.8, 4) is 11.5 Å². The van der Waals surface area contributed by atoms with Gasteiger partial charge in [-0.15, -0.1) is 0 Å². The van der Waals surface area contributed by atoms with Crippen molar-refractivity contribution in [3.05, 3.63) is 209 Å². The molecule has 0 aliphatic carbocycles. The van der Waals surface area contributed by atoms with Crippen molar-refractivity contribution >= 4 is 117 Å². The van der Waals surface area contributed by atoms with E-state index in [0.717, 1.165) is 118 Å². The van der Waals surface area contributed by atoms with E-state index < -0.39 is 29.2 Å². The number of hydrogen-bond acceptors (Lipinski definition) is 26. The molecule has 0 atom stereocenters. The lowest BCUT2D eigenvalue weighted by molar-refractivity contribution is -0.137. The molecule has 14 rings (SSSR count). The largest absolute Gasteiger partial charge is 0.506 e. The molecule has 5 aliphatic rings. The SMILES string of the molecule is Cc1cc(CN2CCN(C)CC2)cc(Cl)c1Nc1cc(Cl)c(O)c(C=NCc2ncc(F)c(N3CCOCC3)n2)c1.Cc1cc(CN2CCN(C)CC2)cc(Cl)c1Nc1ccnc(C=NCc2ncc(F)c(N3CCOCC3)n2)c1.OCCN1CCN(c2nc(CN=Cc3cc(Nc4cccc(C(F)(F)F)c4)cc(Cl)c3O)ncc2F)CC1. The number of anilines is 9. The number of halogens is 10. The van der Waals surface area contributed by atoms with Gasteiger partial charge in [0.1, 0.15) is 11.5 Å². The van der Waals surface area contributed by atoms with E-state index in [1.165, 1.54) is 54.0 Å². The van der Waals surface area contributed by atoms with Crippen LogP contribution < -0.4 is 30.7 Å². The van der Waals surface area contributed by atoms with Crippen molar-refractivity contribution in [1.29, 1.82) is 0 Å². The molecule has 626 valence electrons. The van der Waals surface area contributed by atoms with E-state index in [9.17, 15) is 36.6 Å². The number of aliphatic hydroxyl groups is 1. The molecular weight excluding hydrogens is 1610 g/mol. The maximum Gasteiger partial charge on any atom is 0.416 e. The first kappa shape index (κ1) is 87.6. The fraction of sp³-hybridized carbons (Fsp3) is 0.390. The molecule has 5 fully saturated rings. The number of pyridine rings is 1. The van der Waals surface area contributed by atoms with Crippen LogP contribution in [0.25, 0.3) is 0 Å². The highest BCUT2D eigenvalue weighted by atomic mass is 35.5. The van der Waals surface area contributed by atoms with Crippen LogP contribution in [0, 0.1) is 31.3 Å². The van der Waals surface area contributed by atoms with Gasteiger partial charge in [0.25, 0.3) is 0 Å². The van der Waals surface area contributed by atoms with Crippen LogP contribution in [0.1, 0.15) is 62.1 Å². The number of aromatic hydroxyl groups is 2. The van der Waals surface area contributed by atoms with Crippen molar-refractivity contribution in [2.45, 2.75) is 52.7 Å². The molecule has 26 nitrogen and oxygen atoms in total. The van der Waals surface area contributed by atoms with Crippen LogP contribution in [-0.4, -0.2) is 252 Å². The van der Waals surface area contributed by atoms with E-state index in [-0.39, 0.29) is 76.5 Å². The third-order valence-corrected chi connectivity index (χ3v) is 21.3. The molecule has 4 aromatic heterocycles. The Morgan fingerprint density at radius 3 is 1.32 bits per heavy atom. The number of aliphatic hydroxyl groups excluding tert-OH is 1. The van der Waals surface area contributed by atoms with E-state index in [1.807, 2.05) is 45.9 Å². The summed E-state index contributed by atoms with van der Waals surface area (Å²) >= 11 is 25.9. The molecule has 0 radical (unpaired) electrons. The summed E-state index contributed by atoms with van der Waals surface area (Å²) in [5.41, 5.74) is 8.67. The molecule has 9 heterocycles. The minimum Gasteiger partial charge on any atom is -0.506 e. The van der Waals surface area contributed by atoms with E-state index in [1.54, 1.807) is 24.5 Å². The van der Waals surface area contributed by atoms with Crippen LogP contribution in [0.5, 0.6) is 11.5 Å². The van der Waals surface area contributed by atoms with Gasteiger partial charge in [-0.1, -0.05) is 64.6 Å². The van der Waals surface area contributed by atoms with E-state index >= 15 is 0 Å². The molecule has 0 saturated carbocycles. The molecule has 0 unspecified atom stereocenters. The van der Waals surface area contributed by atoms with Gasteiger partial charge in [0.2, 0.25) is 0 Å². The van der Waals surface area contributed by atoms with Crippen LogP contribution in [0.15, 0.2) is 125 Å². The Bertz CT molecular complexity index is 4940. The predicted molar refractivity (Wildman–Crippen MR) is 451 cm³/mol. The van der Waals surface area contributed by atoms with Crippen LogP contribution >= 0.6 is 46.4 Å². The first-order chi connectivity index (χ1) is 56.8. The lowest BCUT2D eigenvalue weighted by Crippen LogP contribution is -2.47. The number of aryl methyl sites for hydroxylation is 2. The van der Waals surface area contributed by atoms with Gasteiger partial charge in [-0.2, -0.15) is 13.2 Å². The summed E-state index contributed by atoms with van der Waals surface area (Å²) in [6.45, 7) is 22.2. The van der Waals surface area contributed by atoms with Crippen molar-refractivity contribution in [2.24, 2.45) is 15.0 Å². The van der Waals surface area contributed by atoms with Gasteiger partial charge in [-0.05, 0) is 117 Å². The number of β-amino-alcohol motifs (C(OH)–C–C–N with tert-alkyl or cyclic N) is 1. The van der Waals surface area contributed by atoms with Gasteiger partial charge < -0.3 is 65.2 Å². The first-order valence-electron chi connectivity index (χ1n) is 38.5. The third-order valence-electron chi connectivity index (χ3n) is 20.1. The number of phenols is 2. The third kappa shape index (κ3) is 24.7. The van der Waals surface area contributed by atoms with Crippen molar-refractivity contribution in [1.82, 2.24) is 59.4 Å². The Morgan fingerprint density at radius 1 is 0.466 bits per heavy atom. The Morgan fingerprint density at radius 2 is 0.881 bits per heavy atom. The number of benzene rings is 5. The van der Waals surface area contributed by atoms with Gasteiger partial charge in [0.15, 0.2) is 52.4 Å². The number of nitrogens with one attached hydrogen (secondary N) is 3. The number of alkyl halides is 3. The van der Waals surface area contributed by atoms with E-state index in [4.69, 9.17) is 61.0 Å². The molecular formula is C82H93Cl4F6N21O5. The quantitative estimate of drug-likeness (QED) is 0.0186. The maximum atomic E-state index is 14.4. The molecule has 5 aromatic carbocycles. The van der Waals surface area contributed by atoms with Crippen LogP contribution in [0.2, 0.25) is 20.1 Å². The smallest absolute Gasteiger partial charge is 0.416 e. The number of piperazine rings is 3. The molecule has 118 heavy (non-hydrogen) atoms. The van der Waals surface area contributed by atoms with E-state index in [2.05, 4.69) is 123 Å². The number of hydrogen-bond donors (Lipinski definition) is 6. The van der Waals surface area contributed by atoms with Crippen molar-refractivity contribution < 1.29 is 51.1 Å². The van der Waals surface area contributed by atoms with Gasteiger partial charge in [-0.25, -0.2) is 43.1 Å². The monoisotopic (exact) mass is 1710 g/mol. The maximum absolute atomic E-state index is 14.4. The summed E-state index contributed by atoms with van der Waals surface area (Å²) in [4.78, 5) is 59.8. The van der Waals surface area contributed by atoms with Crippen molar-refractivity contribution in [2.75, 3.05) is 189 Å². The highest BCUT2D eigenvalue weighted by molar-refractivity contribution is 6.34. The molecule has 6 N–H and O–H groups in total. The molecule has 0 spiro atoms. The zero-order valence-electron chi connectivity index (χ0n) is 65.7. The van der Waals surface area contributed by atoms with Crippen LogP contribution in [0.4, 0.5) is 77.9 Å². The fourth-order valence-electron chi connectivity index (χ4n) is 13.7. The molecule has 5 aliphatic heterocycles. The number of aliphatic imine (C=N–C) groups is 3. The number of morpholine rings is 2. The van der Waals surface area contributed by atoms with Crippen molar-refractivity contribution in [3.63, 3.8) is 0 Å². The summed E-state index contributed by atoms with van der Waals surface area (Å²) in [6, 6.07) is 23.1. The second kappa shape index (κ2) is 41.8. The second-order valence-corrected chi connectivity index (χ2v) is 30.6. The second-order valence-electron chi connectivity index (χ2n) is 28.9. The fourth-order valence-corrected chi connectivity index (χ4v) is 14.8. The Labute approximate surface area is 700 Å². The molecule has 0 amide bonds. The zero-order chi connectivity index (χ0) is 83.4. The molecule has 5 saturated heterocycles. The summed E-state index contributed by atoms with van der Waals surface area (Å²) in [6.07, 6.45) is 5.18. The normalized spacial score (nSPS) is 16.3. The lowest BCUT2D eigenvalue weighted by atomic mass is 10.1. The minimum absolute atomic E-state index is 0.0138. The van der Waals surface area contributed by atoms with E-state index in [0.29, 0.717) is 135 Å². The highest BCUT2D eigenvalue weighted by Crippen LogP contribution is 2.39. The number of phenolic OH excluding ortho intramolecular Hbond substituents is 2. The number of likely N-dealkylation sites (N-methyl/N-ethyl adjacent to an activating group) is 2. The van der Waals surface area contributed by atoms with Gasteiger partial charge >= 0.3 is 6.18 Å². The number of rotatable bonds is 24. The number of aromatic nitrogens is 7. The predicted octanol–water partition coefficient (Wildman–Crippen LogP) is 13.3. The minimum atomic E-state index is -4.49. The highest BCUT2D eigenvalue weighted by Gasteiger charge is 2.31. The zero-order valence-corrected chi connectivity index (χ0v) is 68.7. The van der Waals surface area contributed by atoms with Crippen LogP contribution in [0.3, 0.4) is 0 Å². The van der Waals surface area contributed by atoms with Gasteiger partial charge in [0, 0.05) is 183 Å². The lowest BCUT2D eigenvalue weighted by Gasteiger charge is -2.35. The standard InChI is InChI=1S/C29H34Cl2FN7O2.C28H34ClFN8O.C25H25ClF4N6O2/c1-19-11-20(18-38-5-3-37(2)4-6-38)12-23(30)27(19)35-22-13-21(28(40)24(31)14-22)15-33-17-26-34-16-25(32)29(36-26)39-7-9-41-10-8-39;1-20-13-21(19-37-7-5-36(2)6-8-37)14-24(29)27(20)34-22-3-4-32-23(15-22)16-31-18-26-33-17-25(30)28(35-26)38-9-11-39-12-10-38;26-20-12-19(33-18-3-1-2-17(11-18)25(28,29)30)10-16(23(20)38)13-31-15-22-32-14-21(27)24(34-22)36-6-4-35(5-7-36)8-9-37/h11-16,35,40H,3-10,17-18H2,1-2H3;3-4,13-17H,5-12,18-19H2,1-2H3,(H,32,34);1-3,10-14,33,37-38H,4-9,15H2. The Hall–Kier alpha value is -9.68. The molecule has 36 heteroatoms. The van der Waals surface area contributed by atoms with Gasteiger partial charge in [-0.3, -0.25) is 34.7 Å². The summed E-state index contributed by atoms with van der Waals surface area (Å²) in [7, 11) is 4.31. The first-order valence-corrected chi connectivity index (χ1v) is 40.0. The Balaban J connectivity index is 0.000000163. The topological polar surface area (TPSA) is 268 Å². The Kier molecular flexibility index (Phi) is 31.1.